The van der Waals surface area contributed by atoms with Crippen LogP contribution in [0.15, 0.2) is 12.3 Å². The number of hydrogen-bond donors (Lipinski definition) is 0. The fourth-order valence-corrected chi connectivity index (χ4v) is 2.64. The Morgan fingerprint density at radius 2 is 1.92 bits per heavy atom. The molecule has 0 N–H and O–H groups in total. The van der Waals surface area contributed by atoms with Crippen molar-refractivity contribution in [2.45, 2.75) is 44.8 Å². The van der Waals surface area contributed by atoms with Crippen molar-refractivity contribution in [3.05, 3.63) is 27.5 Å². The lowest BCUT2D eigenvalue weighted by atomic mass is 10.2. The summed E-state index contributed by atoms with van der Waals surface area (Å²) in [6.07, 6.45) is 1.15. The number of hydrogen-bond acceptors (Lipinski definition) is 5. The van der Waals surface area contributed by atoms with Gasteiger partial charge in [0.05, 0.1) is 4.92 Å². The van der Waals surface area contributed by atoms with Crippen LogP contribution < -0.4 is 4.74 Å². The van der Waals surface area contributed by atoms with E-state index in [1.165, 1.54) is 0 Å². The highest BCUT2D eigenvalue weighted by molar-refractivity contribution is 6.74. The van der Waals surface area contributed by atoms with E-state index < -0.39 is 43.2 Å². The molecule has 0 aliphatic heterocycles. The fourth-order valence-electron chi connectivity index (χ4n) is 1.42. The van der Waals surface area contributed by atoms with Crippen LogP contribution >= 0.6 is 11.6 Å². The zero-order valence-electron chi connectivity index (χ0n) is 14.2. The van der Waals surface area contributed by atoms with Crippen LogP contribution in [0.4, 0.5) is 14.5 Å². The summed E-state index contributed by atoms with van der Waals surface area (Å²) in [4.78, 5) is 13.6. The van der Waals surface area contributed by atoms with E-state index in [0.717, 1.165) is 12.3 Å². The van der Waals surface area contributed by atoms with Gasteiger partial charge in [-0.2, -0.15) is 0 Å². The lowest BCUT2D eigenvalue weighted by Crippen LogP contribution is -2.45. The molecule has 1 aromatic rings. The van der Waals surface area contributed by atoms with Crippen molar-refractivity contribution in [3.63, 3.8) is 0 Å². The van der Waals surface area contributed by atoms with Crippen LogP contribution in [-0.4, -0.2) is 37.4 Å². The molecule has 10 heteroatoms. The number of pyridine rings is 1. The van der Waals surface area contributed by atoms with Gasteiger partial charge in [-0.1, -0.05) is 32.4 Å². The van der Waals surface area contributed by atoms with Crippen molar-refractivity contribution >= 4 is 25.6 Å². The first-order valence-corrected chi connectivity index (χ1v) is 10.5. The van der Waals surface area contributed by atoms with Crippen molar-refractivity contribution < 1.29 is 22.9 Å². The molecular formula is C14H21ClF2N2O4Si. The van der Waals surface area contributed by atoms with Crippen LogP contribution in [0.5, 0.6) is 5.75 Å². The van der Waals surface area contributed by atoms with Crippen molar-refractivity contribution in [1.82, 2.24) is 4.98 Å². The second kappa shape index (κ2) is 7.28. The molecule has 0 fully saturated rings. The van der Waals surface area contributed by atoms with Gasteiger partial charge in [0.25, 0.3) is 0 Å². The zero-order valence-corrected chi connectivity index (χ0v) is 16.0. The van der Waals surface area contributed by atoms with E-state index >= 15 is 0 Å². The van der Waals surface area contributed by atoms with Crippen molar-refractivity contribution in [2.75, 3.05) is 13.2 Å². The summed E-state index contributed by atoms with van der Waals surface area (Å²) in [6.45, 7) is 7.68. The highest BCUT2D eigenvalue weighted by Crippen LogP contribution is 2.38. The third kappa shape index (κ3) is 5.35. The first-order valence-electron chi connectivity index (χ1n) is 7.20. The smallest absolute Gasteiger partial charge is 0.347 e. The number of aromatic nitrogens is 1. The largest absolute Gasteiger partial charge is 0.480 e. The third-order valence-corrected chi connectivity index (χ3v) is 8.67. The lowest BCUT2D eigenvalue weighted by molar-refractivity contribution is -0.386. The van der Waals surface area contributed by atoms with Crippen LogP contribution in [0.1, 0.15) is 20.8 Å². The normalized spacial score (nSPS) is 13.0. The number of alkyl halides is 2. The van der Waals surface area contributed by atoms with Gasteiger partial charge in [0.2, 0.25) is 10.9 Å². The van der Waals surface area contributed by atoms with Gasteiger partial charge in [0.1, 0.15) is 6.61 Å². The molecule has 6 nitrogen and oxygen atoms in total. The maximum atomic E-state index is 14.0. The van der Waals surface area contributed by atoms with Gasteiger partial charge in [-0.15, -0.1) is 0 Å². The zero-order chi connectivity index (χ0) is 18.8. The predicted molar refractivity (Wildman–Crippen MR) is 89.5 cm³/mol. The van der Waals surface area contributed by atoms with E-state index in [1.54, 1.807) is 0 Å². The Morgan fingerprint density at radius 1 is 1.33 bits per heavy atom. The Labute approximate surface area is 145 Å². The summed E-state index contributed by atoms with van der Waals surface area (Å²) in [5.41, 5.74) is -0.639. The molecule has 0 saturated carbocycles. The van der Waals surface area contributed by atoms with Crippen LogP contribution in [0.2, 0.25) is 23.3 Å². The van der Waals surface area contributed by atoms with E-state index in [4.69, 9.17) is 20.8 Å². The van der Waals surface area contributed by atoms with E-state index in [2.05, 4.69) is 4.98 Å². The third-order valence-electron chi connectivity index (χ3n) is 3.91. The van der Waals surface area contributed by atoms with Gasteiger partial charge >= 0.3 is 11.6 Å². The van der Waals surface area contributed by atoms with Crippen molar-refractivity contribution in [1.29, 1.82) is 0 Å². The molecule has 1 rings (SSSR count). The Bertz CT molecular complexity index is 609. The minimum absolute atomic E-state index is 0.207. The molecule has 136 valence electrons. The Hall–Kier alpha value is -1.32. The quantitative estimate of drug-likeness (QED) is 0.296. The summed E-state index contributed by atoms with van der Waals surface area (Å²) in [5.74, 6) is -3.65. The highest BCUT2D eigenvalue weighted by atomic mass is 35.5. The molecule has 0 saturated heterocycles. The number of rotatable bonds is 7. The molecule has 0 amide bonds. The average Bonchev–Trinajstić information content (AvgIpc) is 2.42. The summed E-state index contributed by atoms with van der Waals surface area (Å²) >= 11 is 5.61. The van der Waals surface area contributed by atoms with E-state index in [1.807, 2.05) is 33.9 Å². The molecule has 0 aliphatic rings. The minimum atomic E-state index is -3.29. The van der Waals surface area contributed by atoms with Crippen LogP contribution in [0, 0.1) is 10.1 Å². The van der Waals surface area contributed by atoms with E-state index in [0.29, 0.717) is 0 Å². The molecule has 0 spiro atoms. The summed E-state index contributed by atoms with van der Waals surface area (Å²) in [5, 5.41) is 10.3. The standard InChI is InChI=1S/C14H21ClF2N2O4Si/c1-13(2,3)24(4,5)23-9-14(16,17)8-22-10-6-7-18-12(15)11(10)19(20)21/h6-7H,8-9H2,1-5H3. The van der Waals surface area contributed by atoms with Gasteiger partial charge in [0, 0.05) is 12.3 Å². The average molecular weight is 383 g/mol. The number of ether oxygens (including phenoxy) is 1. The van der Waals surface area contributed by atoms with E-state index in [9.17, 15) is 18.9 Å². The van der Waals surface area contributed by atoms with Crippen LogP contribution in [0.3, 0.4) is 0 Å². The molecule has 0 radical (unpaired) electrons. The van der Waals surface area contributed by atoms with Gasteiger partial charge in [-0.25, -0.2) is 13.8 Å². The molecule has 0 aliphatic carbocycles. The molecule has 0 unspecified atom stereocenters. The molecule has 24 heavy (non-hydrogen) atoms. The van der Waals surface area contributed by atoms with Gasteiger partial charge in [0.15, 0.2) is 14.9 Å². The fraction of sp³-hybridized carbons (Fsp3) is 0.643. The summed E-state index contributed by atoms with van der Waals surface area (Å²) in [6, 6.07) is 1.12. The Balaban J connectivity index is 2.77. The topological polar surface area (TPSA) is 74.5 Å². The molecule has 1 aromatic heterocycles. The Morgan fingerprint density at radius 3 is 2.42 bits per heavy atom. The molecule has 0 atom stereocenters. The second-order valence-corrected chi connectivity index (χ2v) is 12.1. The van der Waals surface area contributed by atoms with Gasteiger partial charge < -0.3 is 9.16 Å². The summed E-state index contributed by atoms with van der Waals surface area (Å²) < 4.78 is 38.4. The SMILES string of the molecule is CC(C)(C)[Si](C)(C)OCC(F)(F)COc1ccnc(Cl)c1[N+](=O)[O-]. The first kappa shape index (κ1) is 20.7. The van der Waals surface area contributed by atoms with Gasteiger partial charge in [-0.3, -0.25) is 10.1 Å². The summed E-state index contributed by atoms with van der Waals surface area (Å²) in [7, 11) is -2.34. The minimum Gasteiger partial charge on any atom is -0.480 e. The van der Waals surface area contributed by atoms with E-state index in [-0.39, 0.29) is 10.8 Å². The highest BCUT2D eigenvalue weighted by Gasteiger charge is 2.41. The van der Waals surface area contributed by atoms with Gasteiger partial charge in [-0.05, 0) is 18.1 Å². The monoisotopic (exact) mass is 382 g/mol. The molecular weight excluding hydrogens is 362 g/mol. The van der Waals surface area contributed by atoms with Crippen LogP contribution in [0.25, 0.3) is 0 Å². The predicted octanol–water partition coefficient (Wildman–Crippen LogP) is 4.68. The number of nitro groups is 1. The van der Waals surface area contributed by atoms with Crippen molar-refractivity contribution in [2.24, 2.45) is 0 Å². The Kier molecular flexibility index (Phi) is 6.29. The second-order valence-electron chi connectivity index (χ2n) is 6.90. The lowest BCUT2D eigenvalue weighted by Gasteiger charge is -2.37. The molecule has 1 heterocycles. The number of halogens is 3. The maximum Gasteiger partial charge on any atom is 0.347 e. The van der Waals surface area contributed by atoms with Crippen molar-refractivity contribution in [3.8, 4) is 5.75 Å². The van der Waals surface area contributed by atoms with Crippen LogP contribution in [-0.2, 0) is 4.43 Å². The first-order chi connectivity index (χ1) is 10.8. The molecule has 0 bridgehead atoms. The molecule has 0 aromatic carbocycles. The maximum absolute atomic E-state index is 14.0. The number of nitrogens with zero attached hydrogens (tertiary/aromatic N) is 2.